The highest BCUT2D eigenvalue weighted by Crippen LogP contribution is 2.33. The van der Waals surface area contributed by atoms with E-state index in [9.17, 15) is 0 Å². The maximum Gasteiger partial charge on any atom is 0.230 e. The summed E-state index contributed by atoms with van der Waals surface area (Å²) in [6.45, 7) is 6.30. The van der Waals surface area contributed by atoms with Gasteiger partial charge in [0.1, 0.15) is 5.75 Å². The molecule has 2 rings (SSSR count). The van der Waals surface area contributed by atoms with Crippen LogP contribution in [-0.4, -0.2) is 12.3 Å². The molecule has 2 N–H and O–H groups in total. The quantitative estimate of drug-likeness (QED) is 0.914. The van der Waals surface area contributed by atoms with Crippen LogP contribution in [0.3, 0.4) is 0 Å². The van der Waals surface area contributed by atoms with E-state index in [4.69, 9.17) is 15.0 Å². The van der Waals surface area contributed by atoms with E-state index in [1.54, 1.807) is 7.11 Å². The van der Waals surface area contributed by atoms with E-state index in [1.807, 2.05) is 25.1 Å². The second-order valence-electron chi connectivity index (χ2n) is 5.15. The zero-order chi connectivity index (χ0) is 14.0. The molecule has 0 amide bonds. The SMILES string of the molecule is COc1ccc(-c2c(CC(C)C)noc2N)cc1C. The molecule has 0 aliphatic rings. The topological polar surface area (TPSA) is 61.3 Å². The first kappa shape index (κ1) is 13.5. The Kier molecular flexibility index (Phi) is 3.79. The molecule has 0 radical (unpaired) electrons. The molecule has 1 heterocycles. The number of methoxy groups -OCH3 is 1. The van der Waals surface area contributed by atoms with Crippen LogP contribution in [0.5, 0.6) is 5.75 Å². The summed E-state index contributed by atoms with van der Waals surface area (Å²) in [6.07, 6.45) is 0.848. The van der Waals surface area contributed by atoms with Crippen LogP contribution in [0.1, 0.15) is 25.1 Å². The first-order valence-corrected chi connectivity index (χ1v) is 6.42. The summed E-state index contributed by atoms with van der Waals surface area (Å²) in [5.74, 6) is 1.74. The van der Waals surface area contributed by atoms with Crippen molar-refractivity contribution in [1.82, 2.24) is 5.16 Å². The van der Waals surface area contributed by atoms with Crippen molar-refractivity contribution < 1.29 is 9.26 Å². The molecule has 0 saturated heterocycles. The molecular formula is C15H20N2O2. The third-order valence-electron chi connectivity index (χ3n) is 3.07. The summed E-state index contributed by atoms with van der Waals surface area (Å²) in [5, 5.41) is 4.07. The number of ether oxygens (including phenoxy) is 1. The second-order valence-corrected chi connectivity index (χ2v) is 5.15. The molecule has 2 aromatic rings. The summed E-state index contributed by atoms with van der Waals surface area (Å²) in [4.78, 5) is 0. The lowest BCUT2D eigenvalue weighted by atomic mass is 9.98. The fraction of sp³-hybridized carbons (Fsp3) is 0.400. The van der Waals surface area contributed by atoms with Crippen LogP contribution in [0.15, 0.2) is 22.7 Å². The van der Waals surface area contributed by atoms with Gasteiger partial charge in [-0.05, 0) is 42.5 Å². The van der Waals surface area contributed by atoms with Gasteiger partial charge in [-0.25, -0.2) is 0 Å². The fourth-order valence-electron chi connectivity index (χ4n) is 2.21. The van der Waals surface area contributed by atoms with Crippen LogP contribution in [0.2, 0.25) is 0 Å². The van der Waals surface area contributed by atoms with Gasteiger partial charge >= 0.3 is 0 Å². The van der Waals surface area contributed by atoms with Gasteiger partial charge in [0.15, 0.2) is 0 Å². The number of anilines is 1. The van der Waals surface area contributed by atoms with Gasteiger partial charge in [0, 0.05) is 0 Å². The van der Waals surface area contributed by atoms with Crippen molar-refractivity contribution in [2.75, 3.05) is 12.8 Å². The van der Waals surface area contributed by atoms with Crippen LogP contribution in [-0.2, 0) is 6.42 Å². The third kappa shape index (κ3) is 2.72. The third-order valence-corrected chi connectivity index (χ3v) is 3.07. The maximum atomic E-state index is 5.91. The minimum absolute atomic E-state index is 0.375. The van der Waals surface area contributed by atoms with E-state index >= 15 is 0 Å². The summed E-state index contributed by atoms with van der Waals surface area (Å²) < 4.78 is 10.4. The standard InChI is InChI=1S/C15H20N2O2/c1-9(2)7-12-14(15(16)19-17-12)11-5-6-13(18-4)10(3)8-11/h5-6,8-9H,7,16H2,1-4H3. The van der Waals surface area contributed by atoms with E-state index in [-0.39, 0.29) is 0 Å². The summed E-state index contributed by atoms with van der Waals surface area (Å²) in [7, 11) is 1.67. The molecule has 0 aliphatic carbocycles. The van der Waals surface area contributed by atoms with Crippen LogP contribution < -0.4 is 10.5 Å². The van der Waals surface area contributed by atoms with Crippen molar-refractivity contribution in [1.29, 1.82) is 0 Å². The Morgan fingerprint density at radius 3 is 2.68 bits per heavy atom. The van der Waals surface area contributed by atoms with Crippen molar-refractivity contribution in [3.05, 3.63) is 29.5 Å². The number of aryl methyl sites for hydroxylation is 1. The van der Waals surface area contributed by atoms with Gasteiger partial charge in [0.25, 0.3) is 0 Å². The van der Waals surface area contributed by atoms with Crippen molar-refractivity contribution in [3.63, 3.8) is 0 Å². The van der Waals surface area contributed by atoms with Gasteiger partial charge in [-0.15, -0.1) is 0 Å². The number of hydrogen-bond donors (Lipinski definition) is 1. The molecule has 0 saturated carbocycles. The molecule has 4 heteroatoms. The van der Waals surface area contributed by atoms with Gasteiger partial charge in [-0.2, -0.15) is 0 Å². The van der Waals surface area contributed by atoms with Gasteiger partial charge in [0.05, 0.1) is 18.4 Å². The maximum absolute atomic E-state index is 5.91. The molecule has 0 atom stereocenters. The van der Waals surface area contributed by atoms with Crippen molar-refractivity contribution >= 4 is 5.88 Å². The fourth-order valence-corrected chi connectivity index (χ4v) is 2.21. The van der Waals surface area contributed by atoms with Gasteiger partial charge in [0.2, 0.25) is 5.88 Å². The van der Waals surface area contributed by atoms with Crippen LogP contribution in [0, 0.1) is 12.8 Å². The molecule has 102 valence electrons. The second kappa shape index (κ2) is 5.34. The van der Waals surface area contributed by atoms with Crippen LogP contribution >= 0.6 is 0 Å². The van der Waals surface area contributed by atoms with Gasteiger partial charge < -0.3 is 15.0 Å². The Morgan fingerprint density at radius 1 is 1.37 bits per heavy atom. The Labute approximate surface area is 113 Å². The molecule has 4 nitrogen and oxygen atoms in total. The lowest BCUT2D eigenvalue weighted by Gasteiger charge is -2.08. The Morgan fingerprint density at radius 2 is 2.11 bits per heavy atom. The first-order chi connectivity index (χ1) is 9.02. The monoisotopic (exact) mass is 260 g/mol. The average Bonchev–Trinajstić information content (AvgIpc) is 2.69. The average molecular weight is 260 g/mol. The molecule has 1 aromatic carbocycles. The van der Waals surface area contributed by atoms with Gasteiger partial charge in [-0.3, -0.25) is 0 Å². The van der Waals surface area contributed by atoms with Crippen molar-refractivity contribution in [3.8, 4) is 16.9 Å². The lowest BCUT2D eigenvalue weighted by Crippen LogP contribution is -1.97. The molecular weight excluding hydrogens is 240 g/mol. The molecule has 19 heavy (non-hydrogen) atoms. The molecule has 0 fully saturated rings. The highest BCUT2D eigenvalue weighted by molar-refractivity contribution is 5.76. The summed E-state index contributed by atoms with van der Waals surface area (Å²) in [5.41, 5.74) is 9.81. The normalized spacial score (nSPS) is 11.0. The minimum Gasteiger partial charge on any atom is -0.496 e. The predicted octanol–water partition coefficient (Wildman–Crippen LogP) is 3.44. The number of nitrogens with zero attached hydrogens (tertiary/aromatic N) is 1. The Bertz CT molecular complexity index is 574. The highest BCUT2D eigenvalue weighted by atomic mass is 16.5. The van der Waals surface area contributed by atoms with Crippen LogP contribution in [0.4, 0.5) is 5.88 Å². The van der Waals surface area contributed by atoms with Gasteiger partial charge in [-0.1, -0.05) is 25.1 Å². The Hall–Kier alpha value is -1.97. The number of nitrogen functional groups attached to an aromatic ring is 1. The lowest BCUT2D eigenvalue weighted by molar-refractivity contribution is 0.412. The number of benzene rings is 1. The van der Waals surface area contributed by atoms with E-state index in [1.165, 1.54) is 0 Å². The summed E-state index contributed by atoms with van der Waals surface area (Å²) >= 11 is 0. The number of rotatable bonds is 4. The van der Waals surface area contributed by atoms with E-state index < -0.39 is 0 Å². The smallest absolute Gasteiger partial charge is 0.230 e. The number of hydrogen-bond acceptors (Lipinski definition) is 4. The largest absolute Gasteiger partial charge is 0.496 e. The molecule has 1 aromatic heterocycles. The first-order valence-electron chi connectivity index (χ1n) is 6.42. The molecule has 0 aliphatic heterocycles. The Balaban J connectivity index is 2.46. The minimum atomic E-state index is 0.375. The number of aromatic nitrogens is 1. The van der Waals surface area contributed by atoms with Crippen molar-refractivity contribution in [2.24, 2.45) is 5.92 Å². The summed E-state index contributed by atoms with van der Waals surface area (Å²) in [6, 6.07) is 5.97. The van der Waals surface area contributed by atoms with E-state index in [0.717, 1.165) is 34.6 Å². The molecule has 0 bridgehead atoms. The number of nitrogens with two attached hydrogens (primary N) is 1. The predicted molar refractivity (Wildman–Crippen MR) is 76.2 cm³/mol. The molecule has 0 spiro atoms. The van der Waals surface area contributed by atoms with E-state index in [2.05, 4.69) is 19.0 Å². The molecule has 0 unspecified atom stereocenters. The van der Waals surface area contributed by atoms with Crippen molar-refractivity contribution in [2.45, 2.75) is 27.2 Å². The zero-order valence-electron chi connectivity index (χ0n) is 11.9. The van der Waals surface area contributed by atoms with Crippen LogP contribution in [0.25, 0.3) is 11.1 Å². The highest BCUT2D eigenvalue weighted by Gasteiger charge is 2.17. The van der Waals surface area contributed by atoms with E-state index in [0.29, 0.717) is 11.8 Å². The zero-order valence-corrected chi connectivity index (χ0v) is 11.9.